The zero-order valence-electron chi connectivity index (χ0n) is 12.0. The van der Waals surface area contributed by atoms with E-state index in [9.17, 15) is 0 Å². The molecule has 3 unspecified atom stereocenters. The Kier molecular flexibility index (Phi) is 6.76. The Morgan fingerprint density at radius 2 is 1.83 bits per heavy atom. The van der Waals surface area contributed by atoms with Gasteiger partial charge in [-0.15, -0.1) is 0 Å². The monoisotopic (exact) mass is 266 g/mol. The molecule has 0 saturated carbocycles. The van der Waals surface area contributed by atoms with E-state index >= 15 is 0 Å². The Balaban J connectivity index is 2.79. The molecule has 0 aliphatic carbocycles. The summed E-state index contributed by atoms with van der Waals surface area (Å²) in [6.07, 6.45) is 3.36. The SMILES string of the molecule is CSCCC(C)N(C)C(c1ccccc1)C(C)N. The molecule has 1 aromatic rings. The number of likely N-dealkylation sites (N-methyl/N-ethyl adjacent to an activating group) is 1. The molecule has 1 aromatic carbocycles. The molecule has 18 heavy (non-hydrogen) atoms. The van der Waals surface area contributed by atoms with Gasteiger partial charge in [-0.25, -0.2) is 0 Å². The summed E-state index contributed by atoms with van der Waals surface area (Å²) in [6, 6.07) is 11.6. The molecule has 0 bridgehead atoms. The first-order chi connectivity index (χ1) is 8.57. The zero-order valence-corrected chi connectivity index (χ0v) is 12.8. The number of nitrogens with two attached hydrogens (primary N) is 1. The fourth-order valence-electron chi connectivity index (χ4n) is 2.33. The highest BCUT2D eigenvalue weighted by Gasteiger charge is 2.24. The van der Waals surface area contributed by atoms with Crippen LogP contribution in [0.15, 0.2) is 30.3 Å². The van der Waals surface area contributed by atoms with Crippen molar-refractivity contribution in [2.75, 3.05) is 19.1 Å². The summed E-state index contributed by atoms with van der Waals surface area (Å²) in [4.78, 5) is 2.41. The molecule has 0 aliphatic heterocycles. The van der Waals surface area contributed by atoms with E-state index < -0.39 is 0 Å². The summed E-state index contributed by atoms with van der Waals surface area (Å²) in [7, 11) is 2.19. The summed E-state index contributed by atoms with van der Waals surface area (Å²) in [5.74, 6) is 1.20. The molecule has 0 radical (unpaired) electrons. The fourth-order valence-corrected chi connectivity index (χ4v) is 2.90. The third-order valence-electron chi connectivity index (χ3n) is 3.51. The summed E-state index contributed by atoms with van der Waals surface area (Å²) in [6.45, 7) is 4.38. The first-order valence-electron chi connectivity index (χ1n) is 6.59. The van der Waals surface area contributed by atoms with Crippen molar-refractivity contribution in [3.05, 3.63) is 35.9 Å². The molecule has 1 rings (SSSR count). The maximum Gasteiger partial charge on any atom is 0.0496 e. The normalized spacial score (nSPS) is 16.6. The Morgan fingerprint density at radius 1 is 1.22 bits per heavy atom. The Hall–Kier alpha value is -0.510. The lowest BCUT2D eigenvalue weighted by Gasteiger charge is -2.36. The lowest BCUT2D eigenvalue weighted by atomic mass is 9.98. The molecular formula is C15H26N2S. The van der Waals surface area contributed by atoms with Crippen LogP contribution in [0.25, 0.3) is 0 Å². The molecular weight excluding hydrogens is 240 g/mol. The smallest absolute Gasteiger partial charge is 0.0496 e. The van der Waals surface area contributed by atoms with Crippen molar-refractivity contribution in [2.45, 2.75) is 38.4 Å². The van der Waals surface area contributed by atoms with Gasteiger partial charge < -0.3 is 5.73 Å². The van der Waals surface area contributed by atoms with E-state index in [-0.39, 0.29) is 6.04 Å². The van der Waals surface area contributed by atoms with Crippen molar-refractivity contribution >= 4 is 11.8 Å². The van der Waals surface area contributed by atoms with Crippen LogP contribution in [0.1, 0.15) is 31.9 Å². The van der Waals surface area contributed by atoms with Gasteiger partial charge in [-0.1, -0.05) is 30.3 Å². The fraction of sp³-hybridized carbons (Fsp3) is 0.600. The molecule has 3 atom stereocenters. The second-order valence-corrected chi connectivity index (χ2v) is 6.00. The Morgan fingerprint density at radius 3 is 2.33 bits per heavy atom. The Bertz CT molecular complexity index is 327. The van der Waals surface area contributed by atoms with Crippen LogP contribution in [0.2, 0.25) is 0 Å². The average Bonchev–Trinajstić information content (AvgIpc) is 2.36. The predicted octanol–water partition coefficient (Wildman–Crippen LogP) is 3.15. The minimum absolute atomic E-state index is 0.133. The van der Waals surface area contributed by atoms with Gasteiger partial charge in [-0.2, -0.15) is 11.8 Å². The highest BCUT2D eigenvalue weighted by Crippen LogP contribution is 2.25. The number of nitrogens with zero attached hydrogens (tertiary/aromatic N) is 1. The lowest BCUT2D eigenvalue weighted by molar-refractivity contribution is 0.162. The van der Waals surface area contributed by atoms with Gasteiger partial charge >= 0.3 is 0 Å². The van der Waals surface area contributed by atoms with Crippen LogP contribution in [-0.4, -0.2) is 36.0 Å². The zero-order chi connectivity index (χ0) is 13.5. The van der Waals surface area contributed by atoms with E-state index in [1.165, 1.54) is 17.7 Å². The van der Waals surface area contributed by atoms with E-state index in [0.29, 0.717) is 12.1 Å². The van der Waals surface area contributed by atoms with Crippen molar-refractivity contribution in [1.82, 2.24) is 4.90 Å². The second-order valence-electron chi connectivity index (χ2n) is 5.01. The quantitative estimate of drug-likeness (QED) is 0.822. The molecule has 0 aliphatic rings. The third kappa shape index (κ3) is 4.30. The van der Waals surface area contributed by atoms with Crippen molar-refractivity contribution < 1.29 is 0 Å². The van der Waals surface area contributed by atoms with Crippen molar-refractivity contribution in [1.29, 1.82) is 0 Å². The van der Waals surface area contributed by atoms with E-state index in [1.807, 2.05) is 11.8 Å². The number of hydrogen-bond donors (Lipinski definition) is 1. The Labute approximate surface area is 116 Å². The van der Waals surface area contributed by atoms with Crippen LogP contribution >= 0.6 is 11.8 Å². The predicted molar refractivity (Wildman–Crippen MR) is 83.1 cm³/mol. The molecule has 0 aromatic heterocycles. The maximum absolute atomic E-state index is 6.19. The van der Waals surface area contributed by atoms with E-state index in [1.54, 1.807) is 0 Å². The molecule has 0 amide bonds. The first-order valence-corrected chi connectivity index (χ1v) is 7.98. The molecule has 0 saturated heterocycles. The van der Waals surface area contributed by atoms with E-state index in [4.69, 9.17) is 5.73 Å². The molecule has 2 N–H and O–H groups in total. The van der Waals surface area contributed by atoms with Crippen molar-refractivity contribution in [3.8, 4) is 0 Å². The van der Waals surface area contributed by atoms with Crippen molar-refractivity contribution in [2.24, 2.45) is 5.73 Å². The molecule has 0 fully saturated rings. The van der Waals surface area contributed by atoms with Gasteiger partial charge in [-0.05, 0) is 44.9 Å². The molecule has 2 nitrogen and oxygen atoms in total. The van der Waals surface area contributed by atoms with Crippen LogP contribution in [0.3, 0.4) is 0 Å². The summed E-state index contributed by atoms with van der Waals surface area (Å²) < 4.78 is 0. The highest BCUT2D eigenvalue weighted by molar-refractivity contribution is 7.98. The molecule has 0 heterocycles. The maximum atomic E-state index is 6.19. The second kappa shape index (κ2) is 7.82. The largest absolute Gasteiger partial charge is 0.326 e. The lowest BCUT2D eigenvalue weighted by Crippen LogP contribution is -2.42. The molecule has 102 valence electrons. The van der Waals surface area contributed by atoms with Crippen LogP contribution in [0.4, 0.5) is 0 Å². The van der Waals surface area contributed by atoms with Crippen molar-refractivity contribution in [3.63, 3.8) is 0 Å². The van der Waals surface area contributed by atoms with E-state index in [2.05, 4.69) is 62.4 Å². The van der Waals surface area contributed by atoms with Crippen LogP contribution < -0.4 is 5.73 Å². The molecule has 0 spiro atoms. The van der Waals surface area contributed by atoms with Gasteiger partial charge in [-0.3, -0.25) is 4.90 Å². The third-order valence-corrected chi connectivity index (χ3v) is 4.16. The van der Waals surface area contributed by atoms with Crippen LogP contribution in [-0.2, 0) is 0 Å². The number of hydrogen-bond acceptors (Lipinski definition) is 3. The van der Waals surface area contributed by atoms with Gasteiger partial charge in [0.05, 0.1) is 0 Å². The number of rotatable bonds is 7. The topological polar surface area (TPSA) is 29.3 Å². The number of thioether (sulfide) groups is 1. The standard InChI is InChI=1S/C15H26N2S/c1-12(10-11-18-4)17(3)15(13(2)16)14-8-6-5-7-9-14/h5-9,12-13,15H,10-11,16H2,1-4H3. The highest BCUT2D eigenvalue weighted by atomic mass is 32.2. The van der Waals surface area contributed by atoms with Crippen LogP contribution in [0, 0.1) is 0 Å². The van der Waals surface area contributed by atoms with Gasteiger partial charge in [0.15, 0.2) is 0 Å². The first kappa shape index (κ1) is 15.5. The van der Waals surface area contributed by atoms with Gasteiger partial charge in [0.1, 0.15) is 0 Å². The average molecular weight is 266 g/mol. The van der Waals surface area contributed by atoms with Gasteiger partial charge in [0, 0.05) is 18.1 Å². The minimum Gasteiger partial charge on any atom is -0.326 e. The van der Waals surface area contributed by atoms with Crippen LogP contribution in [0.5, 0.6) is 0 Å². The van der Waals surface area contributed by atoms with Gasteiger partial charge in [0.25, 0.3) is 0 Å². The van der Waals surface area contributed by atoms with E-state index in [0.717, 1.165) is 0 Å². The summed E-state index contributed by atoms with van der Waals surface area (Å²) in [5.41, 5.74) is 7.50. The molecule has 3 heteroatoms. The summed E-state index contributed by atoms with van der Waals surface area (Å²) in [5, 5.41) is 0. The summed E-state index contributed by atoms with van der Waals surface area (Å²) >= 11 is 1.91. The minimum atomic E-state index is 0.133. The van der Waals surface area contributed by atoms with Gasteiger partial charge in [0.2, 0.25) is 0 Å². The number of benzene rings is 1.